The number of allylic oxidation sites excluding steroid dienone is 2. The number of rotatable bonds is 2. The summed E-state index contributed by atoms with van der Waals surface area (Å²) in [5.41, 5.74) is 2.64. The highest BCUT2D eigenvalue weighted by molar-refractivity contribution is 4.72. The van der Waals surface area contributed by atoms with Crippen molar-refractivity contribution in [3.05, 3.63) is 31.0 Å². The van der Waals surface area contributed by atoms with Gasteiger partial charge >= 0.3 is 0 Å². The lowest BCUT2D eigenvalue weighted by molar-refractivity contribution is 0.886. The predicted molar refractivity (Wildman–Crippen MR) is 60.5 cm³/mol. The molecule has 0 saturated carbocycles. The first-order valence-corrected chi connectivity index (χ1v) is 4.66. The first kappa shape index (κ1) is 17.4. The average Bonchev–Trinajstić information content (AvgIpc) is 2.08. The lowest BCUT2D eigenvalue weighted by Crippen LogP contribution is -1.47. The van der Waals surface area contributed by atoms with Gasteiger partial charge in [-0.25, -0.2) is 0 Å². The summed E-state index contributed by atoms with van der Waals surface area (Å²) in [5, 5.41) is 0. The molecule has 0 heteroatoms. The van der Waals surface area contributed by atoms with Crippen molar-refractivity contribution >= 4 is 0 Å². The second kappa shape index (κ2) is 31.8. The van der Waals surface area contributed by atoms with Crippen LogP contribution in [0, 0.1) is 0 Å². The highest BCUT2D eigenvalue weighted by Gasteiger charge is 1.56. The molecule has 0 aliphatic carbocycles. The Labute approximate surface area is 78.7 Å². The minimum Gasteiger partial charge on any atom is -0.133 e. The van der Waals surface area contributed by atoms with Crippen molar-refractivity contribution in [3.63, 3.8) is 0 Å². The molecule has 0 fully saturated rings. The molecule has 0 unspecified atom stereocenters. The van der Waals surface area contributed by atoms with E-state index in [0.29, 0.717) is 0 Å². The standard InChI is InChI=1S/C5H8.C4H10.C3H6/c1-3-5-4-2;1-3-4-2;1-3-2/h5H,1,4H2,2H3;3-4H2,1-2H3;3H,1H2,2H3. The third-order valence-electron chi connectivity index (χ3n) is 0.848. The van der Waals surface area contributed by atoms with Crippen molar-refractivity contribution in [1.29, 1.82) is 0 Å². The summed E-state index contributed by atoms with van der Waals surface area (Å²) in [7, 11) is 0. The van der Waals surface area contributed by atoms with Crippen LogP contribution in [0.1, 0.15) is 47.0 Å². The van der Waals surface area contributed by atoms with Crippen molar-refractivity contribution in [3.8, 4) is 0 Å². The largest absolute Gasteiger partial charge is 0.133 e. The molecule has 0 aliphatic rings. The molecule has 72 valence electrons. The Morgan fingerprint density at radius 2 is 1.50 bits per heavy atom. The summed E-state index contributed by atoms with van der Waals surface area (Å²) < 4.78 is 0. The summed E-state index contributed by atoms with van der Waals surface area (Å²) in [6, 6.07) is 0. The van der Waals surface area contributed by atoms with Crippen LogP contribution < -0.4 is 0 Å². The molecule has 0 spiro atoms. The molecule has 0 radical (unpaired) electrons. The van der Waals surface area contributed by atoms with Gasteiger partial charge in [-0.2, -0.15) is 0 Å². The van der Waals surface area contributed by atoms with Crippen LogP contribution in [0.15, 0.2) is 31.0 Å². The van der Waals surface area contributed by atoms with Gasteiger partial charge in [0.25, 0.3) is 0 Å². The zero-order chi connectivity index (χ0) is 10.2. The van der Waals surface area contributed by atoms with E-state index in [0.717, 1.165) is 6.42 Å². The molecule has 0 bridgehead atoms. The molecule has 0 aromatic rings. The van der Waals surface area contributed by atoms with Gasteiger partial charge in [0.05, 0.1) is 0 Å². The summed E-state index contributed by atoms with van der Waals surface area (Å²) in [6.07, 6.45) is 7.32. The fraction of sp³-hybridized carbons (Fsp3) is 0.583. The van der Waals surface area contributed by atoms with Gasteiger partial charge in [-0.15, -0.1) is 12.3 Å². The van der Waals surface area contributed by atoms with Gasteiger partial charge in [0, 0.05) is 0 Å². The summed E-state index contributed by atoms with van der Waals surface area (Å²) in [4.78, 5) is 0. The molecule has 0 N–H and O–H groups in total. The molecule has 0 heterocycles. The van der Waals surface area contributed by atoms with E-state index in [1.54, 1.807) is 6.08 Å². The van der Waals surface area contributed by atoms with E-state index >= 15 is 0 Å². The van der Waals surface area contributed by atoms with Crippen molar-refractivity contribution < 1.29 is 0 Å². The van der Waals surface area contributed by atoms with Gasteiger partial charge in [-0.1, -0.05) is 46.3 Å². The number of hydrogen-bond acceptors (Lipinski definition) is 0. The van der Waals surface area contributed by atoms with Crippen LogP contribution in [0.4, 0.5) is 0 Å². The van der Waals surface area contributed by atoms with E-state index in [-0.39, 0.29) is 0 Å². The van der Waals surface area contributed by atoms with Crippen LogP contribution >= 0.6 is 0 Å². The fourth-order valence-electron chi connectivity index (χ4n) is 0.144. The third kappa shape index (κ3) is 124. The van der Waals surface area contributed by atoms with Crippen LogP contribution in [0.2, 0.25) is 0 Å². The van der Waals surface area contributed by atoms with Gasteiger partial charge in [-0.05, 0) is 19.4 Å². The zero-order valence-electron chi connectivity index (χ0n) is 9.19. The van der Waals surface area contributed by atoms with E-state index < -0.39 is 0 Å². The van der Waals surface area contributed by atoms with E-state index in [9.17, 15) is 0 Å². The van der Waals surface area contributed by atoms with Crippen molar-refractivity contribution in [1.82, 2.24) is 0 Å². The molecule has 0 atom stereocenters. The van der Waals surface area contributed by atoms with Crippen LogP contribution in [0.25, 0.3) is 0 Å². The lowest BCUT2D eigenvalue weighted by atomic mass is 10.4. The average molecular weight is 168 g/mol. The third-order valence-corrected chi connectivity index (χ3v) is 0.848. The molecule has 0 amide bonds. The van der Waals surface area contributed by atoms with E-state index in [1.165, 1.54) is 12.8 Å². The first-order valence-electron chi connectivity index (χ1n) is 4.66. The first-order chi connectivity index (χ1) is 5.74. The monoisotopic (exact) mass is 168 g/mol. The second-order valence-electron chi connectivity index (χ2n) is 2.22. The Hall–Kier alpha value is -0.740. The Bertz CT molecular complexity index is 92.6. The molecule has 12 heavy (non-hydrogen) atoms. The molecule has 0 aromatic heterocycles. The molecular formula is C12H24. The van der Waals surface area contributed by atoms with Crippen LogP contribution in [0.3, 0.4) is 0 Å². The topological polar surface area (TPSA) is 0 Å². The van der Waals surface area contributed by atoms with E-state index in [1.807, 2.05) is 13.0 Å². The van der Waals surface area contributed by atoms with Crippen LogP contribution in [-0.2, 0) is 0 Å². The maximum absolute atomic E-state index is 3.37. The van der Waals surface area contributed by atoms with Crippen LogP contribution in [0.5, 0.6) is 0 Å². The highest BCUT2D eigenvalue weighted by atomic mass is 13.6. The van der Waals surface area contributed by atoms with E-state index in [2.05, 4.69) is 39.7 Å². The molecule has 0 saturated heterocycles. The van der Waals surface area contributed by atoms with Crippen molar-refractivity contribution in [2.45, 2.75) is 47.0 Å². The Morgan fingerprint density at radius 1 is 1.17 bits per heavy atom. The lowest BCUT2D eigenvalue weighted by Gasteiger charge is -1.68. The predicted octanol–water partition coefficient (Wildman–Crippen LogP) is 4.74. The molecule has 0 aliphatic heterocycles. The summed E-state index contributed by atoms with van der Waals surface area (Å²) in [6.45, 7) is 15.0. The fourth-order valence-corrected chi connectivity index (χ4v) is 0.144. The normalized spacial score (nSPS) is 6.00. The maximum atomic E-state index is 3.37. The van der Waals surface area contributed by atoms with Crippen molar-refractivity contribution in [2.24, 2.45) is 0 Å². The van der Waals surface area contributed by atoms with Gasteiger partial charge in [0.1, 0.15) is 0 Å². The molecule has 0 rings (SSSR count). The van der Waals surface area contributed by atoms with Gasteiger partial charge < -0.3 is 0 Å². The Kier molecular flexibility index (Phi) is 46.0. The van der Waals surface area contributed by atoms with Gasteiger partial charge in [0.2, 0.25) is 0 Å². The molecule has 0 aromatic carbocycles. The number of hydrogen-bond donors (Lipinski definition) is 0. The van der Waals surface area contributed by atoms with Gasteiger partial charge in [-0.3, -0.25) is 0 Å². The maximum Gasteiger partial charge on any atom is -0.0303 e. The number of unbranched alkanes of at least 4 members (excludes halogenated alkanes) is 1. The summed E-state index contributed by atoms with van der Waals surface area (Å²) >= 11 is 0. The smallest absolute Gasteiger partial charge is 0.0303 e. The summed E-state index contributed by atoms with van der Waals surface area (Å²) in [5.74, 6) is 0. The quantitative estimate of drug-likeness (QED) is 0.413. The SMILES string of the molecule is C=C=CCC.C=CC.CCCC. The minimum atomic E-state index is 1.05. The minimum absolute atomic E-state index is 1.05. The zero-order valence-corrected chi connectivity index (χ0v) is 9.19. The van der Waals surface area contributed by atoms with Gasteiger partial charge in [0.15, 0.2) is 0 Å². The van der Waals surface area contributed by atoms with Crippen molar-refractivity contribution in [2.75, 3.05) is 0 Å². The molecular weight excluding hydrogens is 144 g/mol. The molecule has 0 nitrogen and oxygen atoms in total. The Balaban J connectivity index is -0.000000105. The highest BCUT2D eigenvalue weighted by Crippen LogP contribution is 1.76. The second-order valence-corrected chi connectivity index (χ2v) is 2.22. The Morgan fingerprint density at radius 3 is 1.50 bits per heavy atom. The van der Waals surface area contributed by atoms with Crippen LogP contribution in [-0.4, -0.2) is 0 Å². The van der Waals surface area contributed by atoms with E-state index in [4.69, 9.17) is 0 Å².